The van der Waals surface area contributed by atoms with E-state index in [1.54, 1.807) is 0 Å². The number of hydrogen-bond donors (Lipinski definition) is 0. The van der Waals surface area contributed by atoms with Crippen molar-refractivity contribution in [1.82, 2.24) is 4.90 Å². The molecular weight excluding hydrogens is 164 g/mol. The second-order valence-corrected chi connectivity index (χ2v) is 3.19. The Morgan fingerprint density at radius 1 is 1.31 bits per heavy atom. The Kier molecular flexibility index (Phi) is 8.83. The molecule has 1 saturated heterocycles. The smallest absolute Gasteiger partial charge is 0.0139 e. The molecule has 0 unspecified atom stereocenters. The van der Waals surface area contributed by atoms with Crippen LogP contribution in [0.4, 0.5) is 0 Å². The van der Waals surface area contributed by atoms with Crippen molar-refractivity contribution < 1.29 is 0 Å². The fraction of sp³-hybridized carbons (Fsp3) is 1.00. The van der Waals surface area contributed by atoms with Crippen LogP contribution < -0.4 is 0 Å². The summed E-state index contributed by atoms with van der Waals surface area (Å²) in [6.07, 6.45) is 5.64. The van der Waals surface area contributed by atoms with Gasteiger partial charge in [-0.2, -0.15) is 0 Å². The van der Waals surface area contributed by atoms with Crippen molar-refractivity contribution in [2.75, 3.05) is 26.7 Å². The highest BCUT2D eigenvalue weighted by atomic mass is 15.1. The zero-order valence-corrected chi connectivity index (χ0v) is 8.74. The lowest BCUT2D eigenvalue weighted by Gasteiger charge is -2.25. The van der Waals surface area contributed by atoms with Gasteiger partial charge < -0.3 is 4.90 Å². The van der Waals surface area contributed by atoms with Crippen molar-refractivity contribution >= 4 is 0 Å². The Bertz CT molecular complexity index is 143. The van der Waals surface area contributed by atoms with Crippen molar-refractivity contribution in [1.29, 1.82) is 0 Å². The molecule has 4 nitrogen and oxygen atoms in total. The van der Waals surface area contributed by atoms with Gasteiger partial charge >= 0.3 is 0 Å². The monoisotopic (exact) mass is 184 g/mol. The highest BCUT2D eigenvalue weighted by Gasteiger charge is 2.07. The first-order chi connectivity index (χ1) is 6.35. The van der Waals surface area contributed by atoms with Crippen molar-refractivity contribution in [3.8, 4) is 0 Å². The molecule has 1 aliphatic heterocycles. The van der Waals surface area contributed by atoms with Gasteiger partial charge in [-0.3, -0.25) is 0 Å². The molecule has 0 N–H and O–H groups in total. The first-order valence-electron chi connectivity index (χ1n) is 5.00. The summed E-state index contributed by atoms with van der Waals surface area (Å²) >= 11 is 0. The van der Waals surface area contributed by atoms with Crippen LogP contribution in [0.1, 0.15) is 32.6 Å². The molecule has 0 bridgehead atoms. The zero-order chi connectivity index (χ0) is 9.94. The first-order valence-corrected chi connectivity index (χ1v) is 5.00. The predicted molar refractivity (Wildman–Crippen MR) is 55.7 cm³/mol. The number of piperidine rings is 1. The lowest BCUT2D eigenvalue weighted by molar-refractivity contribution is 0.229. The average molecular weight is 184 g/mol. The van der Waals surface area contributed by atoms with Gasteiger partial charge in [0.25, 0.3) is 0 Å². The van der Waals surface area contributed by atoms with E-state index in [9.17, 15) is 0 Å². The summed E-state index contributed by atoms with van der Waals surface area (Å²) in [6, 6.07) is 0. The summed E-state index contributed by atoms with van der Waals surface area (Å²) in [5.74, 6) is 0. The summed E-state index contributed by atoms with van der Waals surface area (Å²) in [6.45, 7) is 6.29. The molecule has 0 amide bonds. The maximum atomic E-state index is 7.33. The van der Waals surface area contributed by atoms with E-state index >= 15 is 0 Å². The van der Waals surface area contributed by atoms with Crippen LogP contribution in [-0.2, 0) is 0 Å². The molecule has 1 heterocycles. The number of likely N-dealkylation sites (tertiary alicyclic amines) is 1. The van der Waals surface area contributed by atoms with E-state index < -0.39 is 0 Å². The van der Waals surface area contributed by atoms with Crippen LogP contribution in [0.15, 0.2) is 5.11 Å². The second-order valence-electron chi connectivity index (χ2n) is 3.19. The Morgan fingerprint density at radius 3 is 2.23 bits per heavy atom. The second kappa shape index (κ2) is 9.36. The van der Waals surface area contributed by atoms with Gasteiger partial charge in [0.15, 0.2) is 0 Å². The summed E-state index contributed by atoms with van der Waals surface area (Å²) < 4.78 is 0. The molecule has 1 rings (SSSR count). The van der Waals surface area contributed by atoms with E-state index in [0.29, 0.717) is 0 Å². The minimum absolute atomic E-state index is 1.32. The molecular formula is C9H20N4. The molecule has 0 aromatic rings. The normalized spacial score (nSPS) is 16.8. The van der Waals surface area contributed by atoms with Crippen molar-refractivity contribution in [2.45, 2.75) is 32.6 Å². The predicted octanol–water partition coefficient (Wildman–Crippen LogP) is 2.81. The molecule has 0 radical (unpaired) electrons. The lowest BCUT2D eigenvalue weighted by Crippen LogP contribution is -2.30. The molecule has 0 atom stereocenters. The first kappa shape index (κ1) is 12.3. The zero-order valence-electron chi connectivity index (χ0n) is 8.74. The molecule has 4 heteroatoms. The lowest BCUT2D eigenvalue weighted by atomic mass is 10.1. The SMILES string of the molecule is CCCN1CCCCC1.CN=[N+]=[N-]. The largest absolute Gasteiger partial charge is 0.303 e. The molecule has 1 fully saturated rings. The van der Waals surface area contributed by atoms with Crippen LogP contribution in [0.5, 0.6) is 0 Å². The van der Waals surface area contributed by atoms with Gasteiger partial charge in [0.2, 0.25) is 0 Å². The maximum Gasteiger partial charge on any atom is 0.0139 e. The van der Waals surface area contributed by atoms with E-state index in [1.165, 1.54) is 52.4 Å². The topological polar surface area (TPSA) is 52.0 Å². The Balaban J connectivity index is 0.000000310. The molecule has 0 saturated carbocycles. The van der Waals surface area contributed by atoms with Crippen LogP contribution in [0.3, 0.4) is 0 Å². The van der Waals surface area contributed by atoms with E-state index in [4.69, 9.17) is 5.53 Å². The summed E-state index contributed by atoms with van der Waals surface area (Å²) in [5.41, 5.74) is 7.33. The summed E-state index contributed by atoms with van der Waals surface area (Å²) in [4.78, 5) is 4.93. The fourth-order valence-electron chi connectivity index (χ4n) is 1.50. The van der Waals surface area contributed by atoms with Crippen LogP contribution in [0.25, 0.3) is 10.4 Å². The standard InChI is InChI=1S/C8H17N.CH3N3/c1-2-6-9-7-4-3-5-8-9;1-3-4-2/h2-8H2,1H3;1H3. The van der Waals surface area contributed by atoms with E-state index in [-0.39, 0.29) is 0 Å². The highest BCUT2D eigenvalue weighted by Crippen LogP contribution is 2.07. The van der Waals surface area contributed by atoms with Crippen molar-refractivity contribution in [3.05, 3.63) is 10.4 Å². The van der Waals surface area contributed by atoms with Crippen molar-refractivity contribution in [2.24, 2.45) is 5.11 Å². The quantitative estimate of drug-likeness (QED) is 0.370. The minimum Gasteiger partial charge on any atom is -0.303 e. The third kappa shape index (κ3) is 7.62. The third-order valence-electron chi connectivity index (χ3n) is 2.08. The maximum absolute atomic E-state index is 7.33. The molecule has 0 aliphatic carbocycles. The Labute approximate surface area is 80.6 Å². The average Bonchev–Trinajstić information content (AvgIpc) is 2.20. The fourth-order valence-corrected chi connectivity index (χ4v) is 1.50. The van der Waals surface area contributed by atoms with Gasteiger partial charge in [0.05, 0.1) is 0 Å². The molecule has 76 valence electrons. The van der Waals surface area contributed by atoms with Gasteiger partial charge in [0, 0.05) is 12.0 Å². The number of hydrogen-bond acceptors (Lipinski definition) is 2. The van der Waals surface area contributed by atoms with Gasteiger partial charge in [-0.05, 0) is 44.4 Å². The van der Waals surface area contributed by atoms with E-state index in [1.807, 2.05) is 0 Å². The van der Waals surface area contributed by atoms with Gasteiger partial charge in [0.1, 0.15) is 0 Å². The Hall–Kier alpha value is -0.730. The summed E-state index contributed by atoms with van der Waals surface area (Å²) in [7, 11) is 1.39. The van der Waals surface area contributed by atoms with E-state index in [2.05, 4.69) is 21.8 Å². The van der Waals surface area contributed by atoms with Crippen LogP contribution in [0.2, 0.25) is 0 Å². The Morgan fingerprint density at radius 2 is 1.85 bits per heavy atom. The van der Waals surface area contributed by atoms with Gasteiger partial charge in [-0.25, -0.2) is 0 Å². The van der Waals surface area contributed by atoms with Crippen LogP contribution in [0, 0.1) is 0 Å². The number of azide groups is 1. The van der Waals surface area contributed by atoms with Gasteiger partial charge in [-0.1, -0.05) is 18.5 Å². The summed E-state index contributed by atoms with van der Waals surface area (Å²) in [5, 5.41) is 2.92. The number of nitrogens with zero attached hydrogens (tertiary/aromatic N) is 4. The molecule has 13 heavy (non-hydrogen) atoms. The molecule has 1 aliphatic rings. The third-order valence-corrected chi connectivity index (χ3v) is 2.08. The van der Waals surface area contributed by atoms with Crippen molar-refractivity contribution in [3.63, 3.8) is 0 Å². The van der Waals surface area contributed by atoms with Crippen LogP contribution >= 0.6 is 0 Å². The van der Waals surface area contributed by atoms with Gasteiger partial charge in [-0.15, -0.1) is 0 Å². The number of rotatable bonds is 2. The van der Waals surface area contributed by atoms with E-state index in [0.717, 1.165) is 0 Å². The molecule has 0 aromatic carbocycles. The van der Waals surface area contributed by atoms with Crippen LogP contribution in [-0.4, -0.2) is 31.6 Å². The highest BCUT2D eigenvalue weighted by molar-refractivity contribution is 4.62. The minimum atomic E-state index is 1.32. The molecule has 0 spiro atoms. The molecule has 0 aromatic heterocycles.